The summed E-state index contributed by atoms with van der Waals surface area (Å²) in [6.45, 7) is 3.93. The maximum Gasteiger partial charge on any atom is 0.320 e. The third kappa shape index (κ3) is 3.29. The number of amidine groups is 1. The van der Waals surface area contributed by atoms with Gasteiger partial charge < -0.3 is 20.7 Å². The second kappa shape index (κ2) is 5.58. The number of urea groups is 1. The first-order chi connectivity index (χ1) is 7.54. The van der Waals surface area contributed by atoms with Gasteiger partial charge in [0.25, 0.3) is 0 Å². The molecule has 3 N–H and O–H groups in total. The number of hydrogen-bond donors (Lipinski definition) is 2. The molecule has 0 unspecified atom stereocenters. The Morgan fingerprint density at radius 2 is 2.12 bits per heavy atom. The molecule has 1 aliphatic heterocycles. The number of likely N-dealkylation sites (N-methyl/N-ethyl adjacent to an activating group) is 1. The van der Waals surface area contributed by atoms with Crippen molar-refractivity contribution in [3.63, 3.8) is 0 Å². The SMILES string of the molecule is CC1CCN(C(=O)N(C)CC(N)=NO)CC1. The van der Waals surface area contributed by atoms with Crippen molar-refractivity contribution in [2.45, 2.75) is 19.8 Å². The highest BCUT2D eigenvalue weighted by Gasteiger charge is 2.23. The quantitative estimate of drug-likeness (QED) is 0.313. The number of piperidine rings is 1. The Hall–Kier alpha value is -1.46. The topological polar surface area (TPSA) is 82.2 Å². The van der Waals surface area contributed by atoms with E-state index < -0.39 is 0 Å². The maximum atomic E-state index is 11.9. The number of carbonyl (C=O) groups is 1. The van der Waals surface area contributed by atoms with Gasteiger partial charge in [-0.1, -0.05) is 12.1 Å². The van der Waals surface area contributed by atoms with Gasteiger partial charge in [0, 0.05) is 20.1 Å². The van der Waals surface area contributed by atoms with Crippen molar-refractivity contribution >= 4 is 11.9 Å². The van der Waals surface area contributed by atoms with E-state index in [9.17, 15) is 4.79 Å². The van der Waals surface area contributed by atoms with Crippen molar-refractivity contribution in [1.29, 1.82) is 0 Å². The highest BCUT2D eigenvalue weighted by molar-refractivity contribution is 5.86. The molecule has 1 heterocycles. The van der Waals surface area contributed by atoms with E-state index in [-0.39, 0.29) is 18.4 Å². The van der Waals surface area contributed by atoms with Gasteiger partial charge in [0.1, 0.15) is 0 Å². The van der Waals surface area contributed by atoms with E-state index in [1.54, 1.807) is 7.05 Å². The van der Waals surface area contributed by atoms with Crippen molar-refractivity contribution < 1.29 is 10.0 Å². The van der Waals surface area contributed by atoms with Gasteiger partial charge in [-0.25, -0.2) is 4.79 Å². The lowest BCUT2D eigenvalue weighted by Gasteiger charge is -2.33. The molecule has 0 atom stereocenters. The minimum Gasteiger partial charge on any atom is -0.409 e. The fraction of sp³-hybridized carbons (Fsp3) is 0.800. The van der Waals surface area contributed by atoms with Gasteiger partial charge in [-0.2, -0.15) is 0 Å². The second-order valence-corrected chi connectivity index (χ2v) is 4.40. The van der Waals surface area contributed by atoms with Crippen LogP contribution in [-0.4, -0.2) is 53.6 Å². The van der Waals surface area contributed by atoms with Crippen LogP contribution < -0.4 is 5.73 Å². The summed E-state index contributed by atoms with van der Waals surface area (Å²) >= 11 is 0. The Labute approximate surface area is 95.7 Å². The van der Waals surface area contributed by atoms with Crippen LogP contribution in [0, 0.1) is 5.92 Å². The Bertz CT molecular complexity index is 272. The molecule has 1 fully saturated rings. The molecule has 0 spiro atoms. The summed E-state index contributed by atoms with van der Waals surface area (Å²) in [4.78, 5) is 15.2. The molecule has 1 aliphatic rings. The summed E-state index contributed by atoms with van der Waals surface area (Å²) in [5.41, 5.74) is 5.35. The maximum absolute atomic E-state index is 11.9. The summed E-state index contributed by atoms with van der Waals surface area (Å²) in [5.74, 6) is 0.736. The highest BCUT2D eigenvalue weighted by Crippen LogP contribution is 2.16. The van der Waals surface area contributed by atoms with Crippen molar-refractivity contribution in [3.8, 4) is 0 Å². The molecule has 6 heteroatoms. The number of rotatable bonds is 2. The van der Waals surface area contributed by atoms with E-state index in [1.165, 1.54) is 4.90 Å². The molecule has 1 saturated heterocycles. The minimum atomic E-state index is -0.0569. The van der Waals surface area contributed by atoms with Crippen LogP contribution in [0.4, 0.5) is 4.79 Å². The Kier molecular flexibility index (Phi) is 4.39. The molecule has 0 aromatic carbocycles. The van der Waals surface area contributed by atoms with Gasteiger partial charge >= 0.3 is 6.03 Å². The van der Waals surface area contributed by atoms with E-state index in [1.807, 2.05) is 4.90 Å². The summed E-state index contributed by atoms with van der Waals surface area (Å²) in [7, 11) is 1.65. The second-order valence-electron chi connectivity index (χ2n) is 4.40. The number of nitrogens with zero attached hydrogens (tertiary/aromatic N) is 3. The number of nitrogens with two attached hydrogens (primary N) is 1. The normalized spacial score (nSPS) is 18.6. The first-order valence-corrected chi connectivity index (χ1v) is 5.51. The van der Waals surface area contributed by atoms with Crippen LogP contribution in [0.3, 0.4) is 0 Å². The smallest absolute Gasteiger partial charge is 0.320 e. The Morgan fingerprint density at radius 1 is 1.56 bits per heavy atom. The molecule has 0 radical (unpaired) electrons. The molecular formula is C10H20N4O2. The highest BCUT2D eigenvalue weighted by atomic mass is 16.4. The van der Waals surface area contributed by atoms with E-state index in [0.29, 0.717) is 5.92 Å². The monoisotopic (exact) mass is 228 g/mol. The zero-order valence-corrected chi connectivity index (χ0v) is 9.89. The molecule has 92 valence electrons. The molecule has 6 nitrogen and oxygen atoms in total. The van der Waals surface area contributed by atoms with Crippen LogP contribution in [0.15, 0.2) is 5.16 Å². The summed E-state index contributed by atoms with van der Waals surface area (Å²) in [5, 5.41) is 11.3. The van der Waals surface area contributed by atoms with Crippen LogP contribution in [0.25, 0.3) is 0 Å². The molecule has 1 rings (SSSR count). The van der Waals surface area contributed by atoms with Crippen LogP contribution in [0.2, 0.25) is 0 Å². The zero-order valence-electron chi connectivity index (χ0n) is 9.89. The third-order valence-corrected chi connectivity index (χ3v) is 2.91. The predicted molar refractivity (Wildman–Crippen MR) is 61.4 cm³/mol. The summed E-state index contributed by atoms with van der Waals surface area (Å²) < 4.78 is 0. The van der Waals surface area contributed by atoms with E-state index in [4.69, 9.17) is 10.9 Å². The van der Waals surface area contributed by atoms with Crippen molar-refractivity contribution in [1.82, 2.24) is 9.80 Å². The molecule has 0 bridgehead atoms. The van der Waals surface area contributed by atoms with Gasteiger partial charge in [0.2, 0.25) is 0 Å². The average Bonchev–Trinajstić information content (AvgIpc) is 2.28. The molecular weight excluding hydrogens is 208 g/mol. The fourth-order valence-corrected chi connectivity index (χ4v) is 1.78. The van der Waals surface area contributed by atoms with Gasteiger partial charge in [0.05, 0.1) is 6.54 Å². The fourth-order valence-electron chi connectivity index (χ4n) is 1.78. The van der Waals surface area contributed by atoms with Gasteiger partial charge in [-0.3, -0.25) is 0 Å². The lowest BCUT2D eigenvalue weighted by molar-refractivity contribution is 0.147. The van der Waals surface area contributed by atoms with E-state index in [2.05, 4.69) is 12.1 Å². The number of carbonyl (C=O) groups excluding carboxylic acids is 1. The predicted octanol–water partition coefficient (Wildman–Crippen LogP) is 0.516. The molecule has 0 saturated carbocycles. The minimum absolute atomic E-state index is 0.0428. The first-order valence-electron chi connectivity index (χ1n) is 5.51. The Balaban J connectivity index is 2.44. The number of amides is 2. The largest absolute Gasteiger partial charge is 0.409 e. The molecule has 0 aromatic heterocycles. The number of hydrogen-bond acceptors (Lipinski definition) is 3. The van der Waals surface area contributed by atoms with Crippen molar-refractivity contribution in [2.24, 2.45) is 16.8 Å². The van der Waals surface area contributed by atoms with Crippen molar-refractivity contribution in [2.75, 3.05) is 26.7 Å². The van der Waals surface area contributed by atoms with Crippen LogP contribution >= 0.6 is 0 Å². The van der Waals surface area contributed by atoms with Crippen molar-refractivity contribution in [3.05, 3.63) is 0 Å². The van der Waals surface area contributed by atoms with Gasteiger partial charge in [-0.15, -0.1) is 0 Å². The lowest BCUT2D eigenvalue weighted by Crippen LogP contribution is -2.47. The number of likely N-dealkylation sites (tertiary alicyclic amines) is 1. The summed E-state index contributed by atoms with van der Waals surface area (Å²) in [6, 6.07) is -0.0569. The number of oxime groups is 1. The van der Waals surface area contributed by atoms with Gasteiger partial charge in [0.15, 0.2) is 5.84 Å². The zero-order chi connectivity index (χ0) is 12.1. The lowest BCUT2D eigenvalue weighted by atomic mass is 10.00. The van der Waals surface area contributed by atoms with Crippen LogP contribution in [0.5, 0.6) is 0 Å². The standard InChI is InChI=1S/C10H20N4O2/c1-8-3-5-14(6-4-8)10(15)13(2)7-9(11)12-16/h8,16H,3-7H2,1-2H3,(H2,11,12). The molecule has 2 amide bonds. The Morgan fingerprint density at radius 3 is 2.62 bits per heavy atom. The van der Waals surface area contributed by atoms with Crippen LogP contribution in [0.1, 0.15) is 19.8 Å². The van der Waals surface area contributed by atoms with E-state index >= 15 is 0 Å². The first kappa shape index (κ1) is 12.6. The molecule has 16 heavy (non-hydrogen) atoms. The van der Waals surface area contributed by atoms with Crippen LogP contribution in [-0.2, 0) is 0 Å². The third-order valence-electron chi connectivity index (χ3n) is 2.91. The van der Waals surface area contributed by atoms with Gasteiger partial charge in [-0.05, 0) is 18.8 Å². The average molecular weight is 228 g/mol. The molecule has 0 aliphatic carbocycles. The molecule has 0 aromatic rings. The van der Waals surface area contributed by atoms with E-state index in [0.717, 1.165) is 25.9 Å². The summed E-state index contributed by atoms with van der Waals surface area (Å²) in [6.07, 6.45) is 2.09.